The Morgan fingerprint density at radius 2 is 2.19 bits per heavy atom. The largest absolute Gasteiger partial charge is 0.360 e. The van der Waals surface area contributed by atoms with Gasteiger partial charge in [0.15, 0.2) is 0 Å². The van der Waals surface area contributed by atoms with Gasteiger partial charge in [0, 0.05) is 12.3 Å². The number of halogens is 1. The number of aromatic amines is 1. The molecule has 1 aromatic heterocycles. The van der Waals surface area contributed by atoms with Crippen molar-refractivity contribution >= 4 is 41.9 Å². The van der Waals surface area contributed by atoms with E-state index < -0.39 is 13.7 Å². The highest BCUT2D eigenvalue weighted by molar-refractivity contribution is 8.21. The summed E-state index contributed by atoms with van der Waals surface area (Å²) in [6.07, 6.45) is 1.39. The van der Waals surface area contributed by atoms with Crippen molar-refractivity contribution in [2.45, 2.75) is 4.90 Å². The summed E-state index contributed by atoms with van der Waals surface area (Å²) in [6.45, 7) is 0. The molecule has 0 amide bonds. The van der Waals surface area contributed by atoms with Crippen LogP contribution in [0, 0.1) is 10.1 Å². The van der Waals surface area contributed by atoms with Crippen LogP contribution in [0.25, 0.3) is 10.9 Å². The summed E-state index contributed by atoms with van der Waals surface area (Å²) in [6, 6.07) is 4.52. The monoisotopic (exact) mass is 258 g/mol. The van der Waals surface area contributed by atoms with Crippen LogP contribution in [0.1, 0.15) is 0 Å². The minimum Gasteiger partial charge on any atom is -0.360 e. The molecule has 1 atom stereocenters. The first-order valence-electron chi connectivity index (χ1n) is 4.22. The highest BCUT2D eigenvalue weighted by atomic mass is 35.7. The van der Waals surface area contributed by atoms with Gasteiger partial charge in [0.25, 0.3) is 5.69 Å². The highest BCUT2D eigenvalue weighted by Crippen LogP contribution is 2.32. The molecule has 0 radical (unpaired) electrons. The van der Waals surface area contributed by atoms with E-state index >= 15 is 0 Å². The first-order valence-corrected chi connectivity index (χ1v) is 6.78. The molecule has 0 saturated carbocycles. The van der Waals surface area contributed by atoms with E-state index in [0.29, 0.717) is 5.52 Å². The fourth-order valence-electron chi connectivity index (χ4n) is 1.53. The second-order valence-electron chi connectivity index (χ2n) is 3.20. The van der Waals surface area contributed by atoms with Crippen LogP contribution < -0.4 is 0 Å². The van der Waals surface area contributed by atoms with Gasteiger partial charge in [-0.05, 0) is 22.6 Å². The van der Waals surface area contributed by atoms with Crippen LogP contribution >= 0.6 is 10.7 Å². The number of nitrogens with one attached hydrogen (secondary N) is 1. The molecule has 0 saturated heterocycles. The normalized spacial score (nSPS) is 14.8. The van der Waals surface area contributed by atoms with Gasteiger partial charge in [0.05, 0.1) is 29.5 Å². The molecule has 84 valence electrons. The van der Waals surface area contributed by atoms with E-state index in [-0.39, 0.29) is 16.0 Å². The minimum absolute atomic E-state index is 0.134. The Bertz CT molecular complexity index is 675. The molecule has 0 spiro atoms. The molecular weight excluding hydrogens is 252 g/mol. The topological polar surface area (TPSA) is 76.0 Å². The van der Waals surface area contributed by atoms with Crippen LogP contribution in [-0.2, 0) is 8.74 Å². The maximum absolute atomic E-state index is 11.7. The summed E-state index contributed by atoms with van der Waals surface area (Å²) in [7, 11) is 2.62. The van der Waals surface area contributed by atoms with E-state index in [1.807, 2.05) is 0 Å². The van der Waals surface area contributed by atoms with Crippen LogP contribution in [0.2, 0.25) is 0 Å². The van der Waals surface area contributed by atoms with Crippen LogP contribution in [0.4, 0.5) is 5.69 Å². The number of nitro benzene ring substituents is 1. The number of nitrogens with zero attached hydrogens (tertiary/aromatic N) is 1. The van der Waals surface area contributed by atoms with Crippen molar-refractivity contribution in [3.05, 3.63) is 34.5 Å². The van der Waals surface area contributed by atoms with E-state index in [0.717, 1.165) is 0 Å². The zero-order valence-electron chi connectivity index (χ0n) is 7.97. The molecule has 0 aliphatic rings. The van der Waals surface area contributed by atoms with Crippen molar-refractivity contribution in [3.8, 4) is 0 Å². The van der Waals surface area contributed by atoms with Crippen LogP contribution in [-0.4, -0.2) is 20.0 Å². The molecule has 1 heterocycles. The van der Waals surface area contributed by atoms with Gasteiger partial charge in [-0.1, -0.05) is 6.07 Å². The Morgan fingerprint density at radius 1 is 1.50 bits per heavy atom. The SMILES string of the molecule is C=S(=O)(Cl)c1c[nH]c2cccc([N+](=O)[O-])c12. The third kappa shape index (κ3) is 1.66. The molecule has 0 fully saturated rings. The summed E-state index contributed by atoms with van der Waals surface area (Å²) >= 11 is 0. The maximum atomic E-state index is 11.7. The number of benzene rings is 1. The Morgan fingerprint density at radius 3 is 2.75 bits per heavy atom. The maximum Gasteiger partial charge on any atom is 0.279 e. The van der Waals surface area contributed by atoms with Gasteiger partial charge in [-0.3, -0.25) is 10.1 Å². The van der Waals surface area contributed by atoms with Crippen LogP contribution in [0.5, 0.6) is 0 Å². The Hall–Kier alpha value is -1.53. The van der Waals surface area contributed by atoms with E-state index in [2.05, 4.69) is 10.9 Å². The quantitative estimate of drug-likeness (QED) is 0.389. The Balaban J connectivity index is 2.94. The summed E-state index contributed by atoms with van der Waals surface area (Å²) in [4.78, 5) is 13.2. The van der Waals surface area contributed by atoms with Crippen molar-refractivity contribution in [1.29, 1.82) is 0 Å². The van der Waals surface area contributed by atoms with E-state index in [9.17, 15) is 14.3 Å². The zero-order chi connectivity index (χ0) is 11.9. The van der Waals surface area contributed by atoms with Gasteiger partial charge in [0.1, 0.15) is 0 Å². The van der Waals surface area contributed by atoms with Crippen molar-refractivity contribution < 1.29 is 9.13 Å². The van der Waals surface area contributed by atoms with Crippen molar-refractivity contribution in [2.75, 3.05) is 0 Å². The first-order chi connectivity index (χ1) is 7.41. The van der Waals surface area contributed by atoms with E-state index in [4.69, 9.17) is 10.7 Å². The predicted octanol–water partition coefficient (Wildman–Crippen LogP) is 2.31. The number of nitro groups is 1. The van der Waals surface area contributed by atoms with Crippen molar-refractivity contribution in [1.82, 2.24) is 4.98 Å². The molecule has 1 unspecified atom stereocenters. The molecule has 1 N–H and O–H groups in total. The number of aromatic nitrogens is 1. The van der Waals surface area contributed by atoms with Crippen molar-refractivity contribution in [2.24, 2.45) is 0 Å². The van der Waals surface area contributed by atoms with Gasteiger partial charge in [0.2, 0.25) is 0 Å². The lowest BCUT2D eigenvalue weighted by Gasteiger charge is -1.98. The number of non-ortho nitro benzene ring substituents is 1. The Labute approximate surface area is 95.7 Å². The summed E-state index contributed by atoms with van der Waals surface area (Å²) in [5.74, 6) is 3.31. The third-order valence-corrected chi connectivity index (χ3v) is 3.65. The Kier molecular flexibility index (Phi) is 2.40. The number of rotatable bonds is 2. The summed E-state index contributed by atoms with van der Waals surface area (Å²) < 4.78 is 11.7. The van der Waals surface area contributed by atoms with Crippen LogP contribution in [0.15, 0.2) is 29.3 Å². The van der Waals surface area contributed by atoms with Gasteiger partial charge in [-0.15, -0.1) is 0 Å². The average molecular weight is 259 g/mol. The lowest BCUT2D eigenvalue weighted by Crippen LogP contribution is -1.93. The molecule has 0 aliphatic carbocycles. The molecule has 7 heteroatoms. The van der Waals surface area contributed by atoms with Gasteiger partial charge >= 0.3 is 0 Å². The average Bonchev–Trinajstić information content (AvgIpc) is 2.59. The molecule has 0 bridgehead atoms. The van der Waals surface area contributed by atoms with Gasteiger partial charge in [-0.25, -0.2) is 4.21 Å². The molecule has 5 nitrogen and oxygen atoms in total. The predicted molar refractivity (Wildman–Crippen MR) is 64.3 cm³/mol. The second kappa shape index (κ2) is 3.50. The third-order valence-electron chi connectivity index (χ3n) is 2.17. The lowest BCUT2D eigenvalue weighted by atomic mass is 10.2. The first kappa shape index (κ1) is 11.0. The number of H-pyrrole nitrogens is 1. The van der Waals surface area contributed by atoms with Gasteiger partial charge in [-0.2, -0.15) is 0 Å². The number of hydrogen-bond acceptors (Lipinski definition) is 3. The summed E-state index contributed by atoms with van der Waals surface area (Å²) in [5.41, 5.74) is 0.381. The number of hydrogen-bond donors (Lipinski definition) is 1. The molecule has 2 rings (SSSR count). The van der Waals surface area contributed by atoms with Crippen LogP contribution in [0.3, 0.4) is 0 Å². The zero-order valence-corrected chi connectivity index (χ0v) is 9.55. The fourth-order valence-corrected chi connectivity index (χ4v) is 2.65. The molecule has 1 aromatic carbocycles. The number of fused-ring (bicyclic) bond motifs is 1. The second-order valence-corrected chi connectivity index (χ2v) is 6.33. The van der Waals surface area contributed by atoms with E-state index in [1.165, 1.54) is 12.3 Å². The molecule has 0 aliphatic heterocycles. The van der Waals surface area contributed by atoms with E-state index in [1.54, 1.807) is 12.1 Å². The van der Waals surface area contributed by atoms with Crippen molar-refractivity contribution in [3.63, 3.8) is 0 Å². The lowest BCUT2D eigenvalue weighted by molar-refractivity contribution is -0.383. The highest BCUT2D eigenvalue weighted by Gasteiger charge is 2.20. The standard InChI is InChI=1S/C9H7ClN2O3S/c1-16(10,15)8-5-11-6-3-2-4-7(9(6)8)12(13)14/h2-5,11H,1H2. The molecule has 2 aromatic rings. The fraction of sp³-hybridized carbons (Fsp3) is 0. The van der Waals surface area contributed by atoms with Gasteiger partial charge < -0.3 is 4.98 Å². The molecule has 16 heavy (non-hydrogen) atoms. The summed E-state index contributed by atoms with van der Waals surface area (Å²) in [5, 5.41) is 11.1. The minimum atomic E-state index is -3.01. The smallest absolute Gasteiger partial charge is 0.279 e. The molecular formula is C9H7ClN2O3S.